The largest absolute Gasteiger partial charge is 0.483 e. The first-order valence-electron chi connectivity index (χ1n) is 8.89. The summed E-state index contributed by atoms with van der Waals surface area (Å²) in [6.45, 7) is 5.46. The van der Waals surface area contributed by atoms with Crippen LogP contribution in [0.2, 0.25) is 10.0 Å². The van der Waals surface area contributed by atoms with Crippen LogP contribution in [0.3, 0.4) is 0 Å². The Morgan fingerprint density at radius 1 is 1.11 bits per heavy atom. The van der Waals surface area contributed by atoms with Gasteiger partial charge in [0.1, 0.15) is 11.8 Å². The lowest BCUT2D eigenvalue weighted by Gasteiger charge is -2.29. The zero-order valence-corrected chi connectivity index (χ0v) is 17.9. The van der Waals surface area contributed by atoms with E-state index in [9.17, 15) is 9.59 Å². The normalized spacial score (nSPS) is 11.6. The van der Waals surface area contributed by atoms with Crippen LogP contribution in [-0.4, -0.2) is 36.4 Å². The molecule has 0 radical (unpaired) electrons. The molecule has 150 valence electrons. The zero-order valence-electron chi connectivity index (χ0n) is 16.4. The molecule has 0 aromatic heterocycles. The van der Waals surface area contributed by atoms with Crippen LogP contribution in [0.1, 0.15) is 23.6 Å². The number of hydrogen-bond donors (Lipinski definition) is 1. The highest BCUT2D eigenvalue weighted by atomic mass is 35.5. The van der Waals surface area contributed by atoms with E-state index in [1.54, 1.807) is 25.1 Å². The fourth-order valence-electron chi connectivity index (χ4n) is 2.75. The van der Waals surface area contributed by atoms with Gasteiger partial charge in [0, 0.05) is 29.2 Å². The van der Waals surface area contributed by atoms with E-state index in [0.717, 1.165) is 11.1 Å². The summed E-state index contributed by atoms with van der Waals surface area (Å²) in [5.41, 5.74) is 2.63. The first kappa shape index (κ1) is 22.1. The third-order valence-electron chi connectivity index (χ3n) is 4.71. The van der Waals surface area contributed by atoms with Gasteiger partial charge in [0.25, 0.3) is 5.91 Å². The van der Waals surface area contributed by atoms with Crippen LogP contribution in [0.4, 0.5) is 0 Å². The molecule has 1 N–H and O–H groups in total. The Morgan fingerprint density at radius 3 is 2.32 bits per heavy atom. The number of nitrogens with one attached hydrogen (secondary N) is 1. The Morgan fingerprint density at radius 2 is 1.71 bits per heavy atom. The molecule has 0 aliphatic heterocycles. The highest BCUT2D eigenvalue weighted by molar-refractivity contribution is 6.36. The third kappa shape index (κ3) is 5.18. The topological polar surface area (TPSA) is 58.6 Å². The highest BCUT2D eigenvalue weighted by Crippen LogP contribution is 2.27. The second-order valence-electron chi connectivity index (χ2n) is 6.50. The van der Waals surface area contributed by atoms with Crippen molar-refractivity contribution in [2.45, 2.75) is 33.4 Å². The van der Waals surface area contributed by atoms with Crippen molar-refractivity contribution in [3.8, 4) is 5.75 Å². The van der Waals surface area contributed by atoms with Gasteiger partial charge in [-0.15, -0.1) is 0 Å². The van der Waals surface area contributed by atoms with Crippen LogP contribution in [0, 0.1) is 13.8 Å². The number of nitrogens with zero attached hydrogens (tertiary/aromatic N) is 1. The van der Waals surface area contributed by atoms with Crippen LogP contribution >= 0.6 is 23.2 Å². The predicted molar refractivity (Wildman–Crippen MR) is 112 cm³/mol. The van der Waals surface area contributed by atoms with Gasteiger partial charge in [0.15, 0.2) is 6.61 Å². The number of likely N-dealkylation sites (N-methyl/N-ethyl adjacent to an activating group) is 1. The lowest BCUT2D eigenvalue weighted by atomic mass is 10.1. The maximum Gasteiger partial charge on any atom is 0.261 e. The molecule has 0 saturated carbocycles. The number of carbonyl (C=O) groups is 2. The Labute approximate surface area is 175 Å². The number of rotatable bonds is 7. The number of amides is 2. The second-order valence-corrected chi connectivity index (χ2v) is 7.31. The average molecular weight is 423 g/mol. The van der Waals surface area contributed by atoms with Crippen molar-refractivity contribution in [2.75, 3.05) is 13.7 Å². The number of benzene rings is 2. The molecule has 2 aromatic carbocycles. The van der Waals surface area contributed by atoms with Crippen molar-refractivity contribution >= 4 is 35.0 Å². The second kappa shape index (κ2) is 9.80. The number of aryl methyl sites for hydroxylation is 1. The van der Waals surface area contributed by atoms with Crippen molar-refractivity contribution < 1.29 is 14.3 Å². The van der Waals surface area contributed by atoms with Gasteiger partial charge in [-0.25, -0.2) is 0 Å². The van der Waals surface area contributed by atoms with E-state index in [-0.39, 0.29) is 25.0 Å². The lowest BCUT2D eigenvalue weighted by molar-refractivity contribution is -0.142. The average Bonchev–Trinajstić information content (AvgIpc) is 2.67. The molecule has 1 atom stereocenters. The molecule has 7 heteroatoms. The predicted octanol–water partition coefficient (Wildman–Crippen LogP) is 4.15. The summed E-state index contributed by atoms with van der Waals surface area (Å²) >= 11 is 12.5. The fourth-order valence-corrected chi connectivity index (χ4v) is 3.27. The molecule has 0 saturated heterocycles. The van der Waals surface area contributed by atoms with Gasteiger partial charge in [0.05, 0.1) is 0 Å². The fraction of sp³-hybridized carbons (Fsp3) is 0.333. The molecule has 0 aliphatic carbocycles. The van der Waals surface area contributed by atoms with E-state index in [1.165, 1.54) is 11.9 Å². The molecule has 0 spiro atoms. The van der Waals surface area contributed by atoms with E-state index in [2.05, 4.69) is 5.32 Å². The smallest absolute Gasteiger partial charge is 0.261 e. The van der Waals surface area contributed by atoms with Crippen LogP contribution in [0.5, 0.6) is 5.75 Å². The van der Waals surface area contributed by atoms with Gasteiger partial charge in [0.2, 0.25) is 5.91 Å². The number of hydrogen-bond acceptors (Lipinski definition) is 3. The standard InChI is InChI=1S/C21H24Cl2N2O3/c1-13-7-5-10-19(14(13)2)28-12-20(26)25(15(3)21(27)24-4)11-16-17(22)8-6-9-18(16)23/h5-10,15H,11-12H2,1-4H3,(H,24,27)/t15-/m0/s1. The molecule has 0 aliphatic rings. The molecule has 0 unspecified atom stereocenters. The lowest BCUT2D eigenvalue weighted by Crippen LogP contribution is -2.48. The first-order valence-corrected chi connectivity index (χ1v) is 9.64. The minimum Gasteiger partial charge on any atom is -0.483 e. The highest BCUT2D eigenvalue weighted by Gasteiger charge is 2.27. The molecular formula is C21H24Cl2N2O3. The molecule has 2 aromatic rings. The van der Waals surface area contributed by atoms with E-state index in [0.29, 0.717) is 21.4 Å². The summed E-state index contributed by atoms with van der Waals surface area (Å²) in [4.78, 5) is 26.5. The SMILES string of the molecule is CNC(=O)[C@H](C)N(Cc1c(Cl)cccc1Cl)C(=O)COc1cccc(C)c1C. The van der Waals surface area contributed by atoms with Crippen molar-refractivity contribution in [3.05, 3.63) is 63.1 Å². The molecule has 0 heterocycles. The zero-order chi connectivity index (χ0) is 20.8. The summed E-state index contributed by atoms with van der Waals surface area (Å²) in [7, 11) is 1.52. The van der Waals surface area contributed by atoms with Gasteiger partial charge >= 0.3 is 0 Å². The monoisotopic (exact) mass is 422 g/mol. The number of carbonyl (C=O) groups excluding carboxylic acids is 2. The van der Waals surface area contributed by atoms with Crippen molar-refractivity contribution in [1.29, 1.82) is 0 Å². The van der Waals surface area contributed by atoms with E-state index < -0.39 is 6.04 Å². The Kier molecular flexibility index (Phi) is 7.72. The number of halogens is 2. The minimum absolute atomic E-state index is 0.0993. The first-order chi connectivity index (χ1) is 13.3. The number of ether oxygens (including phenoxy) is 1. The van der Waals surface area contributed by atoms with E-state index in [4.69, 9.17) is 27.9 Å². The Hall–Kier alpha value is -2.24. The minimum atomic E-state index is -0.716. The van der Waals surface area contributed by atoms with Gasteiger partial charge in [-0.1, -0.05) is 41.4 Å². The molecular weight excluding hydrogens is 399 g/mol. The van der Waals surface area contributed by atoms with Crippen molar-refractivity contribution in [1.82, 2.24) is 10.2 Å². The van der Waals surface area contributed by atoms with E-state index >= 15 is 0 Å². The Balaban J connectivity index is 2.24. The molecule has 2 rings (SSSR count). The van der Waals surface area contributed by atoms with Gasteiger partial charge < -0.3 is 15.0 Å². The van der Waals surface area contributed by atoms with Crippen LogP contribution in [0.15, 0.2) is 36.4 Å². The van der Waals surface area contributed by atoms with E-state index in [1.807, 2.05) is 32.0 Å². The third-order valence-corrected chi connectivity index (χ3v) is 5.42. The molecule has 2 amide bonds. The van der Waals surface area contributed by atoms with Gasteiger partial charge in [-0.2, -0.15) is 0 Å². The molecule has 5 nitrogen and oxygen atoms in total. The summed E-state index contributed by atoms with van der Waals surface area (Å²) in [6.07, 6.45) is 0. The molecule has 0 bridgehead atoms. The maximum atomic E-state index is 12.9. The summed E-state index contributed by atoms with van der Waals surface area (Å²) < 4.78 is 5.73. The quantitative estimate of drug-likeness (QED) is 0.728. The molecule has 0 fully saturated rings. The van der Waals surface area contributed by atoms with Crippen molar-refractivity contribution in [2.24, 2.45) is 0 Å². The van der Waals surface area contributed by atoms with Crippen LogP contribution in [-0.2, 0) is 16.1 Å². The summed E-state index contributed by atoms with van der Waals surface area (Å²) in [5, 5.41) is 3.44. The molecule has 28 heavy (non-hydrogen) atoms. The summed E-state index contributed by atoms with van der Waals surface area (Å²) in [6, 6.07) is 10.1. The van der Waals surface area contributed by atoms with Crippen molar-refractivity contribution in [3.63, 3.8) is 0 Å². The maximum absolute atomic E-state index is 12.9. The van der Waals surface area contributed by atoms with Gasteiger partial charge in [-0.3, -0.25) is 9.59 Å². The van der Waals surface area contributed by atoms with Gasteiger partial charge in [-0.05, 0) is 50.1 Å². The van der Waals surface area contributed by atoms with Crippen LogP contribution < -0.4 is 10.1 Å². The summed E-state index contributed by atoms with van der Waals surface area (Å²) in [5.74, 6) is 0.00734. The Bertz CT molecular complexity index is 850. The van der Waals surface area contributed by atoms with Crippen LogP contribution in [0.25, 0.3) is 0 Å².